The summed E-state index contributed by atoms with van der Waals surface area (Å²) in [5.41, 5.74) is 1.72. The molecule has 0 bridgehead atoms. The van der Waals surface area contributed by atoms with Crippen molar-refractivity contribution < 1.29 is 9.13 Å². The number of allylic oxidation sites excluding steroid dienone is 1. The minimum absolute atomic E-state index is 0.282. The van der Waals surface area contributed by atoms with E-state index in [1.165, 1.54) is 5.57 Å². The molecule has 0 heterocycles. The SMILES string of the molecule is CC(C)=C(C)C(C)(C)Oc1ccc([S+](c2ccccc2)c2ccccc2)cc1F. The van der Waals surface area contributed by atoms with E-state index in [-0.39, 0.29) is 22.5 Å². The predicted molar refractivity (Wildman–Crippen MR) is 120 cm³/mol. The van der Waals surface area contributed by atoms with Crippen molar-refractivity contribution in [3.05, 3.63) is 95.8 Å². The predicted octanol–water partition coefficient (Wildman–Crippen LogP) is 7.43. The maximum absolute atomic E-state index is 15.1. The van der Waals surface area contributed by atoms with Crippen LogP contribution in [0.15, 0.2) is 105 Å². The van der Waals surface area contributed by atoms with Crippen molar-refractivity contribution in [2.45, 2.75) is 54.9 Å². The van der Waals surface area contributed by atoms with Crippen LogP contribution in [-0.2, 0) is 10.9 Å². The molecule has 3 aromatic carbocycles. The molecule has 0 aliphatic heterocycles. The van der Waals surface area contributed by atoms with Gasteiger partial charge in [0.25, 0.3) is 0 Å². The van der Waals surface area contributed by atoms with E-state index in [0.29, 0.717) is 0 Å². The molecule has 29 heavy (non-hydrogen) atoms. The van der Waals surface area contributed by atoms with Crippen LogP contribution in [0.2, 0.25) is 0 Å². The fourth-order valence-electron chi connectivity index (χ4n) is 3.17. The summed E-state index contributed by atoms with van der Waals surface area (Å²) in [5.74, 6) is -0.0504. The number of rotatable bonds is 6. The summed E-state index contributed by atoms with van der Waals surface area (Å²) in [7, 11) is -0.377. The molecular weight excluding hydrogens is 379 g/mol. The second-order valence-corrected chi connectivity index (χ2v) is 9.79. The van der Waals surface area contributed by atoms with Crippen LogP contribution in [0.25, 0.3) is 0 Å². The highest BCUT2D eigenvalue weighted by Gasteiger charge is 2.30. The lowest BCUT2D eigenvalue weighted by Gasteiger charge is -2.29. The Morgan fingerprint density at radius 2 is 1.28 bits per heavy atom. The molecule has 0 radical (unpaired) electrons. The Kier molecular flexibility index (Phi) is 6.49. The van der Waals surface area contributed by atoms with Gasteiger partial charge in [0.2, 0.25) is 0 Å². The van der Waals surface area contributed by atoms with Crippen molar-refractivity contribution in [1.82, 2.24) is 0 Å². The topological polar surface area (TPSA) is 9.23 Å². The van der Waals surface area contributed by atoms with Gasteiger partial charge in [0, 0.05) is 6.07 Å². The first-order valence-electron chi connectivity index (χ1n) is 9.77. The minimum atomic E-state index is -0.568. The van der Waals surface area contributed by atoms with Gasteiger partial charge in [-0.05, 0) is 76.6 Å². The highest BCUT2D eigenvalue weighted by atomic mass is 32.2. The van der Waals surface area contributed by atoms with E-state index < -0.39 is 5.60 Å². The summed E-state index contributed by atoms with van der Waals surface area (Å²) in [5, 5.41) is 0. The van der Waals surface area contributed by atoms with Gasteiger partial charge in [-0.1, -0.05) is 42.0 Å². The van der Waals surface area contributed by atoms with Crippen molar-refractivity contribution >= 4 is 10.9 Å². The van der Waals surface area contributed by atoms with Crippen LogP contribution in [0.4, 0.5) is 4.39 Å². The van der Waals surface area contributed by atoms with Gasteiger partial charge in [-0.25, -0.2) is 4.39 Å². The molecule has 0 unspecified atom stereocenters. The van der Waals surface area contributed by atoms with Crippen LogP contribution < -0.4 is 4.74 Å². The number of benzene rings is 3. The van der Waals surface area contributed by atoms with E-state index in [1.54, 1.807) is 12.1 Å². The normalized spacial score (nSPS) is 11.4. The van der Waals surface area contributed by atoms with Crippen molar-refractivity contribution in [2.75, 3.05) is 0 Å². The molecule has 0 atom stereocenters. The molecule has 0 aliphatic carbocycles. The largest absolute Gasteiger partial charge is 0.480 e. The quantitative estimate of drug-likeness (QED) is 0.305. The Balaban J connectivity index is 2.00. The summed E-state index contributed by atoms with van der Waals surface area (Å²) in [4.78, 5) is 3.25. The van der Waals surface area contributed by atoms with Gasteiger partial charge >= 0.3 is 0 Å². The fraction of sp³-hybridized carbons (Fsp3) is 0.231. The zero-order valence-electron chi connectivity index (χ0n) is 17.7. The van der Waals surface area contributed by atoms with Gasteiger partial charge in [0.15, 0.2) is 26.3 Å². The lowest BCUT2D eigenvalue weighted by atomic mass is 9.95. The molecule has 0 amide bonds. The zero-order valence-corrected chi connectivity index (χ0v) is 18.5. The summed E-state index contributed by atoms with van der Waals surface area (Å²) in [6, 6.07) is 25.8. The van der Waals surface area contributed by atoms with E-state index in [0.717, 1.165) is 20.3 Å². The van der Waals surface area contributed by atoms with Crippen molar-refractivity contribution in [2.24, 2.45) is 0 Å². The van der Waals surface area contributed by atoms with E-state index in [4.69, 9.17) is 4.74 Å². The molecular formula is C26H28FOS+. The molecule has 0 fully saturated rings. The average molecular weight is 408 g/mol. The van der Waals surface area contributed by atoms with E-state index >= 15 is 4.39 Å². The molecule has 0 saturated heterocycles. The lowest BCUT2D eigenvalue weighted by Crippen LogP contribution is -2.30. The molecule has 0 aromatic heterocycles. The van der Waals surface area contributed by atoms with E-state index in [1.807, 2.05) is 77.1 Å². The van der Waals surface area contributed by atoms with Gasteiger partial charge in [-0.15, -0.1) is 0 Å². The third-order valence-electron chi connectivity index (χ3n) is 5.12. The number of hydrogen-bond acceptors (Lipinski definition) is 1. The van der Waals surface area contributed by atoms with Crippen LogP contribution >= 0.6 is 0 Å². The van der Waals surface area contributed by atoms with Crippen LogP contribution in [0.1, 0.15) is 34.6 Å². The standard InChI is InChI=1S/C26H28FOS/c1-19(2)20(3)26(4,5)28-25-17-16-23(18-24(25)27)29(21-12-8-6-9-13-21)22-14-10-7-11-15-22/h6-18H,1-5H3/q+1. The minimum Gasteiger partial charge on any atom is -0.480 e. The second kappa shape index (κ2) is 8.87. The van der Waals surface area contributed by atoms with Crippen LogP contribution in [0.5, 0.6) is 5.75 Å². The molecule has 3 aromatic rings. The third-order valence-corrected chi connectivity index (χ3v) is 7.33. The average Bonchev–Trinajstić information content (AvgIpc) is 2.71. The Labute approximate surface area is 176 Å². The molecule has 0 saturated carbocycles. The molecule has 3 rings (SSSR count). The van der Waals surface area contributed by atoms with Crippen LogP contribution in [0.3, 0.4) is 0 Å². The second-order valence-electron chi connectivity index (χ2n) is 7.76. The highest BCUT2D eigenvalue weighted by molar-refractivity contribution is 7.97. The maximum Gasteiger partial charge on any atom is 0.170 e. The van der Waals surface area contributed by atoms with Gasteiger partial charge in [-0.3, -0.25) is 0 Å². The maximum atomic E-state index is 15.1. The van der Waals surface area contributed by atoms with E-state index in [9.17, 15) is 0 Å². The molecule has 0 N–H and O–H groups in total. The van der Waals surface area contributed by atoms with Gasteiger partial charge in [0.1, 0.15) is 5.60 Å². The third kappa shape index (κ3) is 4.91. The van der Waals surface area contributed by atoms with Crippen LogP contribution in [-0.4, -0.2) is 5.60 Å². The Hall–Kier alpha value is -2.52. The fourth-order valence-corrected chi connectivity index (χ4v) is 5.27. The number of halogens is 1. The molecule has 0 aliphatic rings. The first kappa shape index (κ1) is 21.2. The summed E-state index contributed by atoms with van der Waals surface area (Å²) >= 11 is 0. The number of ether oxygens (including phenoxy) is 1. The van der Waals surface area contributed by atoms with Crippen molar-refractivity contribution in [1.29, 1.82) is 0 Å². The van der Waals surface area contributed by atoms with Gasteiger partial charge in [0.05, 0.1) is 10.9 Å². The van der Waals surface area contributed by atoms with E-state index in [2.05, 4.69) is 24.3 Å². The zero-order chi connectivity index (χ0) is 21.0. The summed E-state index contributed by atoms with van der Waals surface area (Å²) < 4.78 is 21.2. The Morgan fingerprint density at radius 1 is 0.759 bits per heavy atom. The number of hydrogen-bond donors (Lipinski definition) is 0. The highest BCUT2D eigenvalue weighted by Crippen LogP contribution is 2.35. The van der Waals surface area contributed by atoms with Crippen molar-refractivity contribution in [3.8, 4) is 5.75 Å². The summed E-state index contributed by atoms with van der Waals surface area (Å²) in [6.45, 7) is 10.1. The molecule has 150 valence electrons. The van der Waals surface area contributed by atoms with Crippen molar-refractivity contribution in [3.63, 3.8) is 0 Å². The Morgan fingerprint density at radius 3 is 1.72 bits per heavy atom. The Bertz CT molecular complexity index is 950. The lowest BCUT2D eigenvalue weighted by molar-refractivity contribution is 0.140. The molecule has 1 nitrogen and oxygen atoms in total. The van der Waals surface area contributed by atoms with Gasteiger partial charge < -0.3 is 4.74 Å². The van der Waals surface area contributed by atoms with Crippen LogP contribution in [0, 0.1) is 5.82 Å². The monoisotopic (exact) mass is 407 g/mol. The molecule has 0 spiro atoms. The smallest absolute Gasteiger partial charge is 0.170 e. The molecule has 3 heteroatoms. The first-order chi connectivity index (χ1) is 13.8. The first-order valence-corrected chi connectivity index (χ1v) is 11.0. The van der Waals surface area contributed by atoms with Gasteiger partial charge in [-0.2, -0.15) is 0 Å². The summed E-state index contributed by atoms with van der Waals surface area (Å²) in [6.07, 6.45) is 0.